The Hall–Kier alpha value is -3.15. The van der Waals surface area contributed by atoms with E-state index in [9.17, 15) is 9.59 Å². The van der Waals surface area contributed by atoms with E-state index < -0.39 is 17.2 Å². The van der Waals surface area contributed by atoms with E-state index in [1.165, 1.54) is 4.90 Å². The number of aromatic nitrogens is 1. The molecule has 6 nitrogen and oxygen atoms in total. The van der Waals surface area contributed by atoms with Crippen molar-refractivity contribution < 1.29 is 13.9 Å². The molecule has 140 valence electrons. The van der Waals surface area contributed by atoms with Gasteiger partial charge in [-0.1, -0.05) is 30.3 Å². The summed E-state index contributed by atoms with van der Waals surface area (Å²) in [5, 5.41) is 0.437. The largest absolute Gasteiger partial charge is 0.459 e. The van der Waals surface area contributed by atoms with Crippen molar-refractivity contribution in [3.05, 3.63) is 64.5 Å². The first-order valence-electron chi connectivity index (χ1n) is 8.69. The number of rotatable bonds is 4. The van der Waals surface area contributed by atoms with Crippen molar-refractivity contribution in [1.82, 2.24) is 4.98 Å². The molecule has 0 aliphatic heterocycles. The quantitative estimate of drug-likeness (QED) is 0.651. The third-order valence-corrected chi connectivity index (χ3v) is 3.86. The maximum absolute atomic E-state index is 12.5. The van der Waals surface area contributed by atoms with Crippen molar-refractivity contribution in [2.75, 3.05) is 11.4 Å². The van der Waals surface area contributed by atoms with E-state index in [0.717, 1.165) is 5.56 Å². The molecule has 0 amide bonds. The Kier molecular flexibility index (Phi) is 4.99. The molecule has 0 saturated carbocycles. The highest BCUT2D eigenvalue weighted by atomic mass is 16.6. The molecule has 27 heavy (non-hydrogen) atoms. The fourth-order valence-electron chi connectivity index (χ4n) is 2.77. The summed E-state index contributed by atoms with van der Waals surface area (Å²) in [5.74, 6) is -0.444. The van der Waals surface area contributed by atoms with E-state index in [1.54, 1.807) is 26.8 Å². The number of carbonyl (C=O) groups excluding carboxylic acids is 1. The highest BCUT2D eigenvalue weighted by molar-refractivity contribution is 5.83. The van der Waals surface area contributed by atoms with Gasteiger partial charge in [0.2, 0.25) is 0 Å². The number of hydrogen-bond acceptors (Lipinski definition) is 6. The van der Waals surface area contributed by atoms with Crippen LogP contribution in [0.4, 0.5) is 11.7 Å². The smallest absolute Gasteiger partial charge is 0.348 e. The van der Waals surface area contributed by atoms with Crippen molar-refractivity contribution in [3.63, 3.8) is 0 Å². The van der Waals surface area contributed by atoms with Crippen LogP contribution in [0.1, 0.15) is 26.3 Å². The molecule has 0 atom stereocenters. The van der Waals surface area contributed by atoms with E-state index >= 15 is 0 Å². The van der Waals surface area contributed by atoms with Crippen molar-refractivity contribution in [3.8, 4) is 0 Å². The fourth-order valence-corrected chi connectivity index (χ4v) is 2.77. The van der Waals surface area contributed by atoms with Gasteiger partial charge in [0.15, 0.2) is 0 Å². The van der Waals surface area contributed by atoms with Crippen LogP contribution in [0.2, 0.25) is 0 Å². The van der Waals surface area contributed by atoms with E-state index in [1.807, 2.05) is 49.4 Å². The number of anilines is 2. The Balaban J connectivity index is 2.07. The molecule has 0 spiro atoms. The van der Waals surface area contributed by atoms with Gasteiger partial charge in [0.25, 0.3) is 0 Å². The minimum Gasteiger partial charge on any atom is -0.459 e. The highest BCUT2D eigenvalue weighted by Crippen LogP contribution is 2.25. The second-order valence-corrected chi connectivity index (χ2v) is 7.26. The summed E-state index contributed by atoms with van der Waals surface area (Å²) in [5.41, 5.74) is 0.878. The van der Waals surface area contributed by atoms with E-state index in [0.29, 0.717) is 16.6 Å². The molecule has 1 aromatic heterocycles. The van der Waals surface area contributed by atoms with Crippen LogP contribution in [0, 0.1) is 6.92 Å². The van der Waals surface area contributed by atoms with E-state index in [4.69, 9.17) is 9.15 Å². The minimum absolute atomic E-state index is 0.0511. The Morgan fingerprint density at radius 2 is 1.81 bits per heavy atom. The van der Waals surface area contributed by atoms with Gasteiger partial charge in [0, 0.05) is 5.69 Å². The van der Waals surface area contributed by atoms with Crippen molar-refractivity contribution in [2.24, 2.45) is 0 Å². The lowest BCUT2D eigenvalue weighted by molar-refractivity contribution is -0.152. The number of fused-ring (bicyclic) bond motifs is 1. The summed E-state index contributed by atoms with van der Waals surface area (Å²) < 4.78 is 10.9. The second-order valence-electron chi connectivity index (χ2n) is 7.26. The van der Waals surface area contributed by atoms with Gasteiger partial charge in [-0.05, 0) is 51.5 Å². The summed E-state index contributed by atoms with van der Waals surface area (Å²) in [7, 11) is 0. The minimum atomic E-state index is -0.617. The van der Waals surface area contributed by atoms with Crippen LogP contribution in [-0.4, -0.2) is 23.1 Å². The number of carbonyl (C=O) groups is 1. The van der Waals surface area contributed by atoms with Crippen LogP contribution in [-0.2, 0) is 9.53 Å². The molecule has 6 heteroatoms. The molecule has 0 fully saturated rings. The van der Waals surface area contributed by atoms with Gasteiger partial charge in [-0.2, -0.15) is 4.98 Å². The van der Waals surface area contributed by atoms with Crippen molar-refractivity contribution in [2.45, 2.75) is 33.3 Å². The molecular weight excluding hydrogens is 344 g/mol. The van der Waals surface area contributed by atoms with Gasteiger partial charge in [-0.15, -0.1) is 0 Å². The third kappa shape index (κ3) is 4.34. The van der Waals surface area contributed by atoms with Gasteiger partial charge < -0.3 is 9.15 Å². The Morgan fingerprint density at radius 3 is 2.48 bits per heavy atom. The lowest BCUT2D eigenvalue weighted by atomic mass is 10.1. The zero-order valence-corrected chi connectivity index (χ0v) is 15.9. The molecule has 3 rings (SSSR count). The molecule has 3 aromatic rings. The first kappa shape index (κ1) is 18.6. The van der Waals surface area contributed by atoms with Crippen LogP contribution >= 0.6 is 0 Å². The van der Waals surface area contributed by atoms with Gasteiger partial charge in [-0.3, -0.25) is 9.69 Å². The normalized spacial score (nSPS) is 11.4. The van der Waals surface area contributed by atoms with E-state index in [-0.39, 0.29) is 12.6 Å². The number of benzene rings is 2. The average Bonchev–Trinajstić information content (AvgIpc) is 2.58. The monoisotopic (exact) mass is 366 g/mol. The van der Waals surface area contributed by atoms with Crippen molar-refractivity contribution in [1.29, 1.82) is 0 Å². The molecule has 2 aromatic carbocycles. The zero-order chi connectivity index (χ0) is 19.6. The first-order chi connectivity index (χ1) is 12.7. The summed E-state index contributed by atoms with van der Waals surface area (Å²) in [6.07, 6.45) is 0. The molecule has 0 aliphatic carbocycles. The van der Waals surface area contributed by atoms with Gasteiger partial charge in [0.05, 0.1) is 10.9 Å². The number of hydrogen-bond donors (Lipinski definition) is 0. The molecule has 0 N–H and O–H groups in total. The van der Waals surface area contributed by atoms with Crippen LogP contribution in [0.3, 0.4) is 0 Å². The Morgan fingerprint density at radius 1 is 1.11 bits per heavy atom. The number of para-hydroxylation sites is 1. The zero-order valence-electron chi connectivity index (χ0n) is 15.9. The average molecular weight is 366 g/mol. The number of aryl methyl sites for hydroxylation is 1. The summed E-state index contributed by atoms with van der Waals surface area (Å²) in [6, 6.07) is 14.6. The SMILES string of the molecule is Cc1cccc2nc(N(CC(=O)OC(C)(C)C)c3ccccc3)oc(=O)c12. The standard InChI is InChI=1S/C21H22N2O4/c1-14-9-8-12-16-18(14)19(25)26-20(22-16)23(15-10-6-5-7-11-15)13-17(24)27-21(2,3)4/h5-12H,13H2,1-4H3. The Labute approximate surface area is 157 Å². The number of esters is 1. The maximum Gasteiger partial charge on any atom is 0.348 e. The van der Waals surface area contributed by atoms with Gasteiger partial charge in [0.1, 0.15) is 12.1 Å². The molecule has 0 unspecified atom stereocenters. The molecule has 0 radical (unpaired) electrons. The van der Waals surface area contributed by atoms with Gasteiger partial charge in [-0.25, -0.2) is 4.79 Å². The summed E-state index contributed by atoms with van der Waals surface area (Å²) >= 11 is 0. The molecule has 0 bridgehead atoms. The highest BCUT2D eigenvalue weighted by Gasteiger charge is 2.23. The first-order valence-corrected chi connectivity index (χ1v) is 8.69. The predicted octanol–water partition coefficient (Wildman–Crippen LogP) is 3.98. The topological polar surface area (TPSA) is 72.6 Å². The summed E-state index contributed by atoms with van der Waals surface area (Å²) in [6.45, 7) is 7.10. The predicted molar refractivity (Wildman–Crippen MR) is 104 cm³/mol. The maximum atomic E-state index is 12.5. The van der Waals surface area contributed by atoms with Crippen LogP contribution in [0.25, 0.3) is 10.9 Å². The fraction of sp³-hybridized carbons (Fsp3) is 0.286. The second kappa shape index (κ2) is 7.23. The molecule has 0 aliphatic rings. The van der Waals surface area contributed by atoms with E-state index in [2.05, 4.69) is 4.98 Å². The van der Waals surface area contributed by atoms with Crippen LogP contribution < -0.4 is 10.5 Å². The molecule has 1 heterocycles. The lowest BCUT2D eigenvalue weighted by Gasteiger charge is -2.24. The Bertz CT molecular complexity index is 1020. The molecule has 0 saturated heterocycles. The van der Waals surface area contributed by atoms with Crippen LogP contribution in [0.15, 0.2) is 57.7 Å². The van der Waals surface area contributed by atoms with Crippen LogP contribution in [0.5, 0.6) is 0 Å². The van der Waals surface area contributed by atoms with Gasteiger partial charge >= 0.3 is 17.6 Å². The lowest BCUT2D eigenvalue weighted by Crippen LogP contribution is -2.33. The summed E-state index contributed by atoms with van der Waals surface area (Å²) in [4.78, 5) is 30.9. The molecular formula is C21H22N2O4. The third-order valence-electron chi connectivity index (χ3n) is 3.86. The number of ether oxygens (including phenoxy) is 1. The number of nitrogens with zero attached hydrogens (tertiary/aromatic N) is 2. The van der Waals surface area contributed by atoms with Crippen molar-refractivity contribution >= 4 is 28.6 Å².